The molecule has 1 aromatic heterocycles. The first-order valence-electron chi connectivity index (χ1n) is 6.61. The maximum Gasteiger partial charge on any atom is 0.251 e. The van der Waals surface area contributed by atoms with E-state index in [1.54, 1.807) is 18.5 Å². The third kappa shape index (κ3) is 3.57. The molecule has 0 atom stereocenters. The van der Waals surface area contributed by atoms with Crippen LogP contribution in [0.15, 0.2) is 42.7 Å². The molecule has 1 N–H and O–H groups in total. The number of nitrogens with one attached hydrogen (secondary N) is 1. The fourth-order valence-corrected chi connectivity index (χ4v) is 1.90. The van der Waals surface area contributed by atoms with Gasteiger partial charge in [-0.2, -0.15) is 0 Å². The van der Waals surface area contributed by atoms with E-state index in [4.69, 9.17) is 4.74 Å². The van der Waals surface area contributed by atoms with Crippen LogP contribution in [0.1, 0.15) is 28.4 Å². The van der Waals surface area contributed by atoms with Gasteiger partial charge in [-0.05, 0) is 49.2 Å². The molecule has 2 aromatic rings. The highest BCUT2D eigenvalue weighted by Crippen LogP contribution is 2.19. The Morgan fingerprint density at radius 3 is 2.85 bits per heavy atom. The number of carbonyl (C=O) groups excluding carboxylic acids is 1. The van der Waals surface area contributed by atoms with Gasteiger partial charge in [0.15, 0.2) is 0 Å². The van der Waals surface area contributed by atoms with Crippen molar-refractivity contribution >= 4 is 5.91 Å². The van der Waals surface area contributed by atoms with Crippen LogP contribution >= 0.6 is 0 Å². The molecule has 0 aliphatic rings. The predicted molar refractivity (Wildman–Crippen MR) is 77.8 cm³/mol. The van der Waals surface area contributed by atoms with Crippen molar-refractivity contribution in [2.24, 2.45) is 0 Å². The second kappa shape index (κ2) is 6.70. The zero-order valence-electron chi connectivity index (χ0n) is 11.7. The highest BCUT2D eigenvalue weighted by Gasteiger charge is 2.08. The minimum atomic E-state index is -0.0972. The van der Waals surface area contributed by atoms with E-state index >= 15 is 0 Å². The lowest BCUT2D eigenvalue weighted by Crippen LogP contribution is -2.22. The molecule has 0 saturated heterocycles. The van der Waals surface area contributed by atoms with Crippen LogP contribution in [0.2, 0.25) is 0 Å². The molecule has 104 valence electrons. The number of rotatable bonds is 5. The third-order valence-electron chi connectivity index (χ3n) is 2.91. The number of aromatic nitrogens is 1. The molecular weight excluding hydrogens is 252 g/mol. The van der Waals surface area contributed by atoms with Gasteiger partial charge in [0.2, 0.25) is 0 Å². The molecule has 20 heavy (non-hydrogen) atoms. The standard InChI is InChI=1S/C16H18N2O2/c1-3-20-15-7-6-14(9-12(15)2)16(19)18-11-13-5-4-8-17-10-13/h4-10H,3,11H2,1-2H3,(H,18,19). The van der Waals surface area contributed by atoms with Gasteiger partial charge in [-0.3, -0.25) is 9.78 Å². The molecule has 1 aromatic carbocycles. The third-order valence-corrected chi connectivity index (χ3v) is 2.91. The molecule has 0 saturated carbocycles. The summed E-state index contributed by atoms with van der Waals surface area (Å²) in [4.78, 5) is 16.1. The van der Waals surface area contributed by atoms with E-state index in [0.717, 1.165) is 16.9 Å². The van der Waals surface area contributed by atoms with Gasteiger partial charge in [0.05, 0.1) is 6.61 Å². The highest BCUT2D eigenvalue weighted by molar-refractivity contribution is 5.94. The van der Waals surface area contributed by atoms with Gasteiger partial charge in [-0.15, -0.1) is 0 Å². The van der Waals surface area contributed by atoms with Gasteiger partial charge in [0.1, 0.15) is 5.75 Å². The number of amides is 1. The summed E-state index contributed by atoms with van der Waals surface area (Å²) in [5, 5.41) is 2.87. The molecule has 4 heteroatoms. The summed E-state index contributed by atoms with van der Waals surface area (Å²) in [5.74, 6) is 0.719. The summed E-state index contributed by atoms with van der Waals surface area (Å²) in [6.07, 6.45) is 3.45. The number of ether oxygens (including phenoxy) is 1. The summed E-state index contributed by atoms with van der Waals surface area (Å²) in [7, 11) is 0. The lowest BCUT2D eigenvalue weighted by atomic mass is 10.1. The van der Waals surface area contributed by atoms with Crippen LogP contribution in [0.5, 0.6) is 5.75 Å². The summed E-state index contributed by atoms with van der Waals surface area (Å²) >= 11 is 0. The maximum absolute atomic E-state index is 12.1. The van der Waals surface area contributed by atoms with Gasteiger partial charge >= 0.3 is 0 Å². The van der Waals surface area contributed by atoms with Crippen LogP contribution in [-0.2, 0) is 6.54 Å². The zero-order chi connectivity index (χ0) is 14.4. The number of hydrogen-bond acceptors (Lipinski definition) is 3. The van der Waals surface area contributed by atoms with E-state index in [1.807, 2.05) is 38.1 Å². The van der Waals surface area contributed by atoms with Gasteiger partial charge in [-0.25, -0.2) is 0 Å². The lowest BCUT2D eigenvalue weighted by Gasteiger charge is -2.09. The van der Waals surface area contributed by atoms with Gasteiger partial charge in [0, 0.05) is 24.5 Å². The second-order valence-corrected chi connectivity index (χ2v) is 4.46. The Kier molecular flexibility index (Phi) is 4.71. The van der Waals surface area contributed by atoms with Gasteiger partial charge in [0.25, 0.3) is 5.91 Å². The first-order valence-corrected chi connectivity index (χ1v) is 6.61. The Bertz CT molecular complexity index is 582. The molecule has 0 aliphatic carbocycles. The summed E-state index contributed by atoms with van der Waals surface area (Å²) in [6, 6.07) is 9.22. The van der Waals surface area contributed by atoms with Crippen LogP contribution < -0.4 is 10.1 Å². The summed E-state index contributed by atoms with van der Waals surface area (Å²) in [5.41, 5.74) is 2.57. The van der Waals surface area contributed by atoms with Crippen LogP contribution in [0.25, 0.3) is 0 Å². The molecule has 0 fully saturated rings. The SMILES string of the molecule is CCOc1ccc(C(=O)NCc2cccnc2)cc1C. The molecule has 1 heterocycles. The van der Waals surface area contributed by atoms with Crippen molar-refractivity contribution in [3.63, 3.8) is 0 Å². The Balaban J connectivity index is 2.00. The van der Waals surface area contributed by atoms with Gasteiger partial charge in [-0.1, -0.05) is 6.07 Å². The molecule has 0 radical (unpaired) electrons. The van der Waals surface area contributed by atoms with Gasteiger partial charge < -0.3 is 10.1 Å². The Hall–Kier alpha value is -2.36. The molecule has 2 rings (SSSR count). The largest absolute Gasteiger partial charge is 0.494 e. The number of carbonyl (C=O) groups is 1. The minimum absolute atomic E-state index is 0.0972. The van der Waals surface area contributed by atoms with Crippen molar-refractivity contribution in [2.75, 3.05) is 6.61 Å². The number of pyridine rings is 1. The molecule has 0 spiro atoms. The van der Waals surface area contributed by atoms with Crippen LogP contribution in [0, 0.1) is 6.92 Å². The van der Waals surface area contributed by atoms with Crippen molar-refractivity contribution in [2.45, 2.75) is 20.4 Å². The summed E-state index contributed by atoms with van der Waals surface area (Å²) < 4.78 is 5.46. The van der Waals surface area contributed by atoms with Crippen LogP contribution in [0.4, 0.5) is 0 Å². The van der Waals surface area contributed by atoms with Crippen molar-refractivity contribution < 1.29 is 9.53 Å². The van der Waals surface area contributed by atoms with E-state index in [0.29, 0.717) is 18.7 Å². The average molecular weight is 270 g/mol. The van der Waals surface area contributed by atoms with E-state index in [1.165, 1.54) is 0 Å². The lowest BCUT2D eigenvalue weighted by molar-refractivity contribution is 0.0951. The quantitative estimate of drug-likeness (QED) is 0.908. The maximum atomic E-state index is 12.1. The van der Waals surface area contributed by atoms with Crippen molar-refractivity contribution in [3.05, 3.63) is 59.4 Å². The molecule has 0 unspecified atom stereocenters. The fourth-order valence-electron chi connectivity index (χ4n) is 1.90. The Morgan fingerprint density at radius 1 is 1.35 bits per heavy atom. The van der Waals surface area contributed by atoms with E-state index < -0.39 is 0 Å². The van der Waals surface area contributed by atoms with E-state index in [-0.39, 0.29) is 5.91 Å². The number of benzene rings is 1. The van der Waals surface area contributed by atoms with Crippen molar-refractivity contribution in [1.82, 2.24) is 10.3 Å². The molecule has 0 aliphatic heterocycles. The number of hydrogen-bond donors (Lipinski definition) is 1. The smallest absolute Gasteiger partial charge is 0.251 e. The monoisotopic (exact) mass is 270 g/mol. The van der Waals surface area contributed by atoms with E-state index in [9.17, 15) is 4.79 Å². The summed E-state index contributed by atoms with van der Waals surface area (Å²) in [6.45, 7) is 4.96. The normalized spacial score (nSPS) is 10.1. The fraction of sp³-hybridized carbons (Fsp3) is 0.250. The van der Waals surface area contributed by atoms with Crippen LogP contribution in [-0.4, -0.2) is 17.5 Å². The van der Waals surface area contributed by atoms with Crippen molar-refractivity contribution in [1.29, 1.82) is 0 Å². The zero-order valence-corrected chi connectivity index (χ0v) is 11.7. The first-order chi connectivity index (χ1) is 9.70. The number of aryl methyl sites for hydroxylation is 1. The molecule has 1 amide bonds. The van der Waals surface area contributed by atoms with Crippen molar-refractivity contribution in [3.8, 4) is 5.75 Å². The van der Waals surface area contributed by atoms with E-state index in [2.05, 4.69) is 10.3 Å². The minimum Gasteiger partial charge on any atom is -0.494 e. The molecule has 0 bridgehead atoms. The molecule has 4 nitrogen and oxygen atoms in total. The first kappa shape index (κ1) is 14.1. The Morgan fingerprint density at radius 2 is 2.20 bits per heavy atom. The average Bonchev–Trinajstić information content (AvgIpc) is 2.48. The van der Waals surface area contributed by atoms with Crippen LogP contribution in [0.3, 0.4) is 0 Å². The highest BCUT2D eigenvalue weighted by atomic mass is 16.5. The second-order valence-electron chi connectivity index (χ2n) is 4.46. The molecular formula is C16H18N2O2. The predicted octanol–water partition coefficient (Wildman–Crippen LogP) is 2.72. The topological polar surface area (TPSA) is 51.2 Å². The Labute approximate surface area is 118 Å². The number of nitrogens with zero attached hydrogens (tertiary/aromatic N) is 1.